The maximum Gasteiger partial charge on any atom is 0.119 e. The van der Waals surface area contributed by atoms with Crippen molar-refractivity contribution in [3.05, 3.63) is 76.6 Å². The normalized spacial score (nSPS) is 11.2. The number of ether oxygens (including phenoxy) is 1. The summed E-state index contributed by atoms with van der Waals surface area (Å²) in [6.07, 6.45) is 1.89. The molecule has 0 saturated heterocycles. The molecule has 0 aliphatic carbocycles. The maximum absolute atomic E-state index is 6.12. The van der Waals surface area contributed by atoms with Gasteiger partial charge in [-0.2, -0.15) is 0 Å². The van der Waals surface area contributed by atoms with Crippen molar-refractivity contribution >= 4 is 23.5 Å². The van der Waals surface area contributed by atoms with Gasteiger partial charge in [-0.05, 0) is 62.4 Å². The zero-order valence-corrected chi connectivity index (χ0v) is 14.7. The molecule has 2 aromatic carbocycles. The van der Waals surface area contributed by atoms with E-state index in [9.17, 15) is 0 Å². The van der Waals surface area contributed by atoms with E-state index in [1.54, 1.807) is 7.11 Å². The number of hydrogen-bond acceptors (Lipinski definition) is 2. The molecule has 0 aliphatic heterocycles. The minimum atomic E-state index is 0.730. The lowest BCUT2D eigenvalue weighted by molar-refractivity contribution is 0.415. The minimum absolute atomic E-state index is 0.730. The maximum atomic E-state index is 6.12. The molecule has 0 fully saturated rings. The Kier molecular flexibility index (Phi) is 4.72. The smallest absolute Gasteiger partial charge is 0.119 e. The predicted molar refractivity (Wildman–Crippen MR) is 101 cm³/mol. The summed E-state index contributed by atoms with van der Waals surface area (Å²) in [5.41, 5.74) is 5.31. The Morgan fingerprint density at radius 1 is 1.04 bits per heavy atom. The molecule has 3 nitrogen and oxygen atoms in total. The fourth-order valence-electron chi connectivity index (χ4n) is 2.74. The van der Waals surface area contributed by atoms with Gasteiger partial charge < -0.3 is 9.30 Å². The second-order valence-electron chi connectivity index (χ2n) is 5.60. The summed E-state index contributed by atoms with van der Waals surface area (Å²) in [6, 6.07) is 17.7. The highest BCUT2D eigenvalue weighted by atomic mass is 35.5. The molecule has 0 saturated carbocycles. The standard InChI is InChI=1S/C20H19ClN2O/c1-14-11-16(13-22-18-7-9-20(24-3)10-8-18)15(2)23(14)19-6-4-5-17(21)12-19/h4-13H,1-3H3. The van der Waals surface area contributed by atoms with Crippen molar-refractivity contribution in [3.63, 3.8) is 0 Å². The summed E-state index contributed by atoms with van der Waals surface area (Å²) in [5, 5.41) is 0.730. The molecule has 122 valence electrons. The second kappa shape index (κ2) is 6.93. The molecular formula is C20H19ClN2O. The minimum Gasteiger partial charge on any atom is -0.497 e. The molecule has 0 amide bonds. The van der Waals surface area contributed by atoms with Crippen LogP contribution in [0.15, 0.2) is 59.6 Å². The van der Waals surface area contributed by atoms with Crippen molar-refractivity contribution < 1.29 is 4.74 Å². The number of hydrogen-bond donors (Lipinski definition) is 0. The highest BCUT2D eigenvalue weighted by Gasteiger charge is 2.09. The van der Waals surface area contributed by atoms with E-state index in [0.717, 1.165) is 39.1 Å². The Labute approximate surface area is 147 Å². The number of aliphatic imine (C=N–C) groups is 1. The van der Waals surface area contributed by atoms with Gasteiger partial charge in [-0.25, -0.2) is 0 Å². The van der Waals surface area contributed by atoms with Crippen LogP contribution in [0.5, 0.6) is 5.75 Å². The van der Waals surface area contributed by atoms with Crippen LogP contribution in [-0.4, -0.2) is 17.9 Å². The van der Waals surface area contributed by atoms with E-state index in [1.807, 2.05) is 48.7 Å². The van der Waals surface area contributed by atoms with Gasteiger partial charge in [0.1, 0.15) is 5.75 Å². The van der Waals surface area contributed by atoms with Gasteiger partial charge in [0.15, 0.2) is 0 Å². The largest absolute Gasteiger partial charge is 0.497 e. The van der Waals surface area contributed by atoms with Crippen molar-refractivity contribution in [2.24, 2.45) is 4.99 Å². The van der Waals surface area contributed by atoms with Crippen molar-refractivity contribution in [1.29, 1.82) is 0 Å². The molecule has 4 heteroatoms. The Morgan fingerprint density at radius 2 is 1.79 bits per heavy atom. The molecule has 1 aromatic heterocycles. The molecule has 0 atom stereocenters. The summed E-state index contributed by atoms with van der Waals surface area (Å²) in [7, 11) is 1.66. The van der Waals surface area contributed by atoms with Crippen LogP contribution in [0.4, 0.5) is 5.69 Å². The quantitative estimate of drug-likeness (QED) is 0.576. The van der Waals surface area contributed by atoms with Crippen LogP contribution in [0.1, 0.15) is 17.0 Å². The zero-order valence-electron chi connectivity index (χ0n) is 14.0. The number of aromatic nitrogens is 1. The van der Waals surface area contributed by atoms with Gasteiger partial charge in [0, 0.05) is 33.9 Å². The fourth-order valence-corrected chi connectivity index (χ4v) is 2.93. The monoisotopic (exact) mass is 338 g/mol. The van der Waals surface area contributed by atoms with Crippen molar-refractivity contribution in [2.45, 2.75) is 13.8 Å². The van der Waals surface area contributed by atoms with Gasteiger partial charge in [0.25, 0.3) is 0 Å². The van der Waals surface area contributed by atoms with Crippen LogP contribution < -0.4 is 4.74 Å². The van der Waals surface area contributed by atoms with Gasteiger partial charge in [-0.3, -0.25) is 4.99 Å². The highest BCUT2D eigenvalue weighted by molar-refractivity contribution is 6.30. The van der Waals surface area contributed by atoms with Crippen molar-refractivity contribution in [3.8, 4) is 11.4 Å². The number of aryl methyl sites for hydroxylation is 1. The van der Waals surface area contributed by atoms with E-state index in [-0.39, 0.29) is 0 Å². The Balaban J connectivity index is 1.92. The summed E-state index contributed by atoms with van der Waals surface area (Å²) in [5.74, 6) is 0.827. The first-order valence-corrected chi connectivity index (χ1v) is 8.09. The number of methoxy groups -OCH3 is 1. The molecule has 0 aliphatic rings. The van der Waals surface area contributed by atoms with Crippen molar-refractivity contribution in [1.82, 2.24) is 4.57 Å². The average molecular weight is 339 g/mol. The van der Waals surface area contributed by atoms with Crippen LogP contribution in [-0.2, 0) is 0 Å². The number of nitrogens with zero attached hydrogens (tertiary/aromatic N) is 2. The molecule has 3 rings (SSSR count). The van der Waals surface area contributed by atoms with Crippen LogP contribution >= 0.6 is 11.6 Å². The summed E-state index contributed by atoms with van der Waals surface area (Å²) >= 11 is 6.12. The molecule has 3 aromatic rings. The molecule has 0 spiro atoms. The third kappa shape index (κ3) is 3.36. The van der Waals surface area contributed by atoms with Crippen LogP contribution in [0.2, 0.25) is 5.02 Å². The van der Waals surface area contributed by atoms with Gasteiger partial charge in [0.2, 0.25) is 0 Å². The van der Waals surface area contributed by atoms with Gasteiger partial charge >= 0.3 is 0 Å². The van der Waals surface area contributed by atoms with E-state index in [2.05, 4.69) is 35.5 Å². The molecule has 0 radical (unpaired) electrons. The van der Waals surface area contributed by atoms with E-state index < -0.39 is 0 Å². The second-order valence-corrected chi connectivity index (χ2v) is 6.03. The van der Waals surface area contributed by atoms with Crippen LogP contribution in [0.3, 0.4) is 0 Å². The van der Waals surface area contributed by atoms with E-state index in [4.69, 9.17) is 16.3 Å². The molecule has 1 heterocycles. The van der Waals surface area contributed by atoms with Gasteiger partial charge in [0.05, 0.1) is 12.8 Å². The first-order valence-electron chi connectivity index (χ1n) is 7.71. The van der Waals surface area contributed by atoms with E-state index in [1.165, 1.54) is 0 Å². The van der Waals surface area contributed by atoms with E-state index in [0.29, 0.717) is 0 Å². The lowest BCUT2D eigenvalue weighted by atomic mass is 10.2. The molecule has 0 N–H and O–H groups in total. The van der Waals surface area contributed by atoms with Gasteiger partial charge in [-0.15, -0.1) is 0 Å². The molecule has 24 heavy (non-hydrogen) atoms. The third-order valence-corrected chi connectivity index (χ3v) is 4.20. The lowest BCUT2D eigenvalue weighted by Crippen LogP contribution is -1.99. The summed E-state index contributed by atoms with van der Waals surface area (Å²) < 4.78 is 7.34. The topological polar surface area (TPSA) is 26.5 Å². The summed E-state index contributed by atoms with van der Waals surface area (Å²) in [4.78, 5) is 4.56. The van der Waals surface area contributed by atoms with Crippen LogP contribution in [0, 0.1) is 13.8 Å². The number of halogens is 1. The summed E-state index contributed by atoms with van der Waals surface area (Å²) in [6.45, 7) is 4.17. The molecular weight excluding hydrogens is 320 g/mol. The molecule has 0 bridgehead atoms. The average Bonchev–Trinajstić information content (AvgIpc) is 2.87. The Hall–Kier alpha value is -2.52. The fraction of sp³-hybridized carbons (Fsp3) is 0.150. The SMILES string of the molecule is COc1ccc(N=Cc2cc(C)n(-c3cccc(Cl)c3)c2C)cc1. The third-order valence-electron chi connectivity index (χ3n) is 3.96. The zero-order chi connectivity index (χ0) is 17.1. The van der Waals surface area contributed by atoms with E-state index >= 15 is 0 Å². The predicted octanol–water partition coefficient (Wildman–Crippen LogP) is 5.51. The van der Waals surface area contributed by atoms with Crippen molar-refractivity contribution in [2.75, 3.05) is 7.11 Å². The van der Waals surface area contributed by atoms with Crippen LogP contribution in [0.25, 0.3) is 5.69 Å². The Morgan fingerprint density at radius 3 is 2.46 bits per heavy atom. The molecule has 0 unspecified atom stereocenters. The first kappa shape index (κ1) is 16.3. The van der Waals surface area contributed by atoms with Gasteiger partial charge in [-0.1, -0.05) is 17.7 Å². The first-order chi connectivity index (χ1) is 11.6. The number of rotatable bonds is 4. The highest BCUT2D eigenvalue weighted by Crippen LogP contribution is 2.23. The lowest BCUT2D eigenvalue weighted by Gasteiger charge is -2.09. The number of benzene rings is 2. The Bertz CT molecular complexity index is 879.